The van der Waals surface area contributed by atoms with E-state index < -0.39 is 23.1 Å². The van der Waals surface area contributed by atoms with E-state index in [4.69, 9.17) is 23.2 Å². The van der Waals surface area contributed by atoms with E-state index in [1.807, 2.05) is 36.4 Å². The number of hydrogen-bond donors (Lipinski definition) is 2. The van der Waals surface area contributed by atoms with Crippen LogP contribution < -0.4 is 15.8 Å². The number of fused-ring (bicyclic) bond motifs is 1. The number of carbonyl (C=O) groups excluding carboxylic acids is 1. The van der Waals surface area contributed by atoms with Crippen molar-refractivity contribution in [2.75, 3.05) is 11.7 Å². The molecule has 0 unspecified atom stereocenters. The SMILES string of the molecule is O=C1NCN(C(c2ccccc2Cl)c2ccccc2Cl)n2ccc(=O)c(O)c21. The van der Waals surface area contributed by atoms with Gasteiger partial charge in [0.15, 0.2) is 11.4 Å². The molecule has 0 bridgehead atoms. The van der Waals surface area contributed by atoms with Gasteiger partial charge in [0.05, 0.1) is 0 Å². The summed E-state index contributed by atoms with van der Waals surface area (Å²) in [6, 6.07) is 15.4. The number of aromatic nitrogens is 1. The average Bonchev–Trinajstić information content (AvgIpc) is 2.69. The Labute approximate surface area is 170 Å². The second kappa shape index (κ2) is 7.22. The zero-order valence-corrected chi connectivity index (χ0v) is 16.0. The van der Waals surface area contributed by atoms with Gasteiger partial charge in [-0.05, 0) is 23.3 Å². The van der Waals surface area contributed by atoms with Crippen molar-refractivity contribution in [3.63, 3.8) is 0 Å². The number of halogens is 2. The molecule has 0 saturated heterocycles. The molecule has 2 heterocycles. The topological polar surface area (TPSA) is 74.6 Å². The molecule has 0 aliphatic carbocycles. The first-order valence-corrected chi connectivity index (χ1v) is 9.23. The van der Waals surface area contributed by atoms with E-state index >= 15 is 0 Å². The molecule has 1 amide bonds. The summed E-state index contributed by atoms with van der Waals surface area (Å²) in [7, 11) is 0. The van der Waals surface area contributed by atoms with Crippen molar-refractivity contribution in [3.05, 3.63) is 97.9 Å². The smallest absolute Gasteiger partial charge is 0.275 e. The molecule has 0 saturated carbocycles. The highest BCUT2D eigenvalue weighted by Gasteiger charge is 2.33. The molecule has 0 spiro atoms. The van der Waals surface area contributed by atoms with Crippen molar-refractivity contribution >= 4 is 29.1 Å². The standard InChI is InChI=1S/C20H15Cl2N3O3/c21-14-7-3-1-5-12(14)17(13-6-2-4-8-15(13)22)25-11-23-20(28)18-19(27)16(26)9-10-24(18)25/h1-10,17,27H,11H2,(H,23,28). The van der Waals surface area contributed by atoms with Crippen LogP contribution in [-0.2, 0) is 0 Å². The van der Waals surface area contributed by atoms with Crippen LogP contribution in [0.15, 0.2) is 65.6 Å². The van der Waals surface area contributed by atoms with Gasteiger partial charge in [-0.2, -0.15) is 0 Å². The monoisotopic (exact) mass is 415 g/mol. The van der Waals surface area contributed by atoms with Crippen molar-refractivity contribution in [1.82, 2.24) is 9.99 Å². The van der Waals surface area contributed by atoms with E-state index in [2.05, 4.69) is 5.32 Å². The van der Waals surface area contributed by atoms with Crippen molar-refractivity contribution in [2.24, 2.45) is 0 Å². The van der Waals surface area contributed by atoms with Gasteiger partial charge < -0.3 is 10.4 Å². The van der Waals surface area contributed by atoms with Gasteiger partial charge in [-0.15, -0.1) is 0 Å². The van der Waals surface area contributed by atoms with Gasteiger partial charge in [0, 0.05) is 22.3 Å². The van der Waals surface area contributed by atoms with Crippen LogP contribution in [0.4, 0.5) is 0 Å². The molecule has 6 nitrogen and oxygen atoms in total. The largest absolute Gasteiger partial charge is 0.502 e. The Hall–Kier alpha value is -2.96. The Bertz CT molecular complexity index is 1080. The van der Waals surface area contributed by atoms with Crippen molar-refractivity contribution < 1.29 is 9.90 Å². The van der Waals surface area contributed by atoms with E-state index in [9.17, 15) is 14.7 Å². The molecular weight excluding hydrogens is 401 g/mol. The highest BCUT2D eigenvalue weighted by molar-refractivity contribution is 6.32. The van der Waals surface area contributed by atoms with Gasteiger partial charge in [0.25, 0.3) is 5.91 Å². The van der Waals surface area contributed by atoms with E-state index in [-0.39, 0.29) is 12.4 Å². The van der Waals surface area contributed by atoms with Crippen molar-refractivity contribution in [2.45, 2.75) is 6.04 Å². The van der Waals surface area contributed by atoms with E-state index in [1.165, 1.54) is 16.9 Å². The summed E-state index contributed by atoms with van der Waals surface area (Å²) in [5.41, 5.74) is 0.758. The Morgan fingerprint density at radius 2 is 1.50 bits per heavy atom. The quantitative estimate of drug-likeness (QED) is 0.687. The zero-order chi connectivity index (χ0) is 19.8. The number of benzene rings is 2. The highest BCUT2D eigenvalue weighted by Crippen LogP contribution is 2.36. The number of nitrogens with one attached hydrogen (secondary N) is 1. The maximum atomic E-state index is 12.3. The third-order valence-electron chi connectivity index (χ3n) is 4.65. The minimum atomic E-state index is -0.629. The van der Waals surface area contributed by atoms with Crippen LogP contribution in [0.3, 0.4) is 0 Å². The normalized spacial score (nSPS) is 13.4. The number of pyridine rings is 1. The zero-order valence-electron chi connectivity index (χ0n) is 14.5. The van der Waals surface area contributed by atoms with Gasteiger partial charge in [-0.3, -0.25) is 19.3 Å². The number of hydrogen-bond acceptors (Lipinski definition) is 4. The molecule has 28 heavy (non-hydrogen) atoms. The number of amides is 1. The summed E-state index contributed by atoms with van der Waals surface area (Å²) in [5.74, 6) is -1.15. The highest BCUT2D eigenvalue weighted by atomic mass is 35.5. The van der Waals surface area contributed by atoms with Crippen molar-refractivity contribution in [1.29, 1.82) is 0 Å². The first-order valence-electron chi connectivity index (χ1n) is 8.47. The first-order chi connectivity index (χ1) is 13.5. The fourth-order valence-electron chi connectivity index (χ4n) is 3.35. The average molecular weight is 416 g/mol. The van der Waals surface area contributed by atoms with Gasteiger partial charge in [0.2, 0.25) is 5.43 Å². The molecule has 4 rings (SSSR count). The molecule has 1 aliphatic heterocycles. The summed E-state index contributed by atoms with van der Waals surface area (Å²) in [6.07, 6.45) is 1.46. The van der Waals surface area contributed by atoms with Crippen LogP contribution in [0, 0.1) is 0 Å². The summed E-state index contributed by atoms with van der Waals surface area (Å²) in [4.78, 5) is 24.2. The van der Waals surface area contributed by atoms with E-state index in [1.54, 1.807) is 17.1 Å². The van der Waals surface area contributed by atoms with Crippen LogP contribution >= 0.6 is 23.2 Å². The minimum Gasteiger partial charge on any atom is -0.502 e. The maximum absolute atomic E-state index is 12.3. The molecule has 0 radical (unpaired) electrons. The summed E-state index contributed by atoms with van der Waals surface area (Å²) < 4.78 is 1.47. The van der Waals surface area contributed by atoms with Gasteiger partial charge in [-0.1, -0.05) is 59.6 Å². The van der Waals surface area contributed by atoms with Crippen LogP contribution in [-0.4, -0.2) is 22.4 Å². The predicted octanol–water partition coefficient (Wildman–Crippen LogP) is 3.29. The predicted molar refractivity (Wildman–Crippen MR) is 108 cm³/mol. The summed E-state index contributed by atoms with van der Waals surface area (Å²) >= 11 is 13.0. The Balaban J connectivity index is 1.97. The van der Waals surface area contributed by atoms with Gasteiger partial charge >= 0.3 is 0 Å². The third kappa shape index (κ3) is 3.00. The van der Waals surface area contributed by atoms with Gasteiger partial charge in [0.1, 0.15) is 12.7 Å². The number of carbonyl (C=O) groups is 1. The second-order valence-corrected chi connectivity index (χ2v) is 7.09. The van der Waals surface area contributed by atoms with Gasteiger partial charge in [-0.25, -0.2) is 0 Å². The fraction of sp³-hybridized carbons (Fsp3) is 0.100. The van der Waals surface area contributed by atoms with Crippen LogP contribution in [0.25, 0.3) is 0 Å². The lowest BCUT2D eigenvalue weighted by Gasteiger charge is -2.40. The van der Waals surface area contributed by atoms with Crippen LogP contribution in [0.1, 0.15) is 27.7 Å². The molecule has 2 N–H and O–H groups in total. The van der Waals surface area contributed by atoms with E-state index in [0.717, 1.165) is 11.1 Å². The lowest BCUT2D eigenvalue weighted by Crippen LogP contribution is -2.53. The molecule has 1 aromatic heterocycles. The molecule has 3 aromatic rings. The number of nitrogens with zero attached hydrogens (tertiary/aromatic N) is 2. The summed E-state index contributed by atoms with van der Waals surface area (Å²) in [6.45, 7) is 0.120. The Morgan fingerprint density at radius 1 is 0.929 bits per heavy atom. The Morgan fingerprint density at radius 3 is 2.07 bits per heavy atom. The third-order valence-corrected chi connectivity index (χ3v) is 5.33. The summed E-state index contributed by atoms with van der Waals surface area (Å²) in [5, 5.41) is 15.7. The molecule has 1 aliphatic rings. The van der Waals surface area contributed by atoms with Crippen molar-refractivity contribution in [3.8, 4) is 5.75 Å². The number of aromatic hydroxyl groups is 1. The molecule has 0 atom stereocenters. The molecular formula is C20H15Cl2N3O3. The second-order valence-electron chi connectivity index (χ2n) is 6.27. The van der Waals surface area contributed by atoms with Crippen LogP contribution in [0.2, 0.25) is 10.0 Å². The molecule has 0 fully saturated rings. The van der Waals surface area contributed by atoms with Crippen LogP contribution in [0.5, 0.6) is 5.75 Å². The first kappa shape index (κ1) is 18.4. The fourth-order valence-corrected chi connectivity index (χ4v) is 3.83. The maximum Gasteiger partial charge on any atom is 0.275 e. The molecule has 142 valence electrons. The lowest BCUT2D eigenvalue weighted by molar-refractivity contribution is 0.0915. The number of rotatable bonds is 3. The molecule has 8 heteroatoms. The van der Waals surface area contributed by atoms with E-state index in [0.29, 0.717) is 10.0 Å². The Kier molecular flexibility index (Phi) is 4.75. The lowest BCUT2D eigenvalue weighted by atomic mass is 9.97. The minimum absolute atomic E-state index is 0.120. The molecule has 2 aromatic carbocycles.